The van der Waals surface area contributed by atoms with Crippen LogP contribution < -0.4 is 5.73 Å². The van der Waals surface area contributed by atoms with Gasteiger partial charge in [0.1, 0.15) is 0 Å². The lowest BCUT2D eigenvalue weighted by molar-refractivity contribution is -0.0821. The third-order valence-electron chi connectivity index (χ3n) is 3.92. The molecule has 0 aromatic heterocycles. The Balaban J connectivity index is 2.26. The van der Waals surface area contributed by atoms with Crippen LogP contribution in [0.5, 0.6) is 0 Å². The molecular formula is C15H23NO. The van der Waals surface area contributed by atoms with Crippen molar-refractivity contribution in [2.45, 2.75) is 51.7 Å². The molecule has 1 aliphatic rings. The largest absolute Gasteiger partial charge is 0.373 e. The van der Waals surface area contributed by atoms with Gasteiger partial charge in [-0.25, -0.2) is 0 Å². The minimum absolute atomic E-state index is 0.0246. The van der Waals surface area contributed by atoms with Gasteiger partial charge in [-0.2, -0.15) is 0 Å². The van der Waals surface area contributed by atoms with Gasteiger partial charge in [0.25, 0.3) is 0 Å². The number of hydrogen-bond acceptors (Lipinski definition) is 2. The van der Waals surface area contributed by atoms with Crippen molar-refractivity contribution in [1.29, 1.82) is 0 Å². The number of nitrogens with two attached hydrogens (primary N) is 1. The van der Waals surface area contributed by atoms with Crippen LogP contribution >= 0.6 is 0 Å². The average molecular weight is 233 g/mol. The van der Waals surface area contributed by atoms with Gasteiger partial charge in [0.2, 0.25) is 0 Å². The van der Waals surface area contributed by atoms with E-state index in [1.807, 2.05) is 0 Å². The van der Waals surface area contributed by atoms with Crippen LogP contribution in [0.4, 0.5) is 0 Å². The standard InChI is InChI=1S/C15H23NO/c1-11-6-7-13(12(2)10-11)14(16)15(3)8-4-5-9-17-15/h6-7,10,14H,4-5,8-9,16H2,1-3H3. The zero-order valence-electron chi connectivity index (χ0n) is 11.1. The van der Waals surface area contributed by atoms with Crippen molar-refractivity contribution in [1.82, 2.24) is 0 Å². The molecule has 2 heteroatoms. The molecule has 2 atom stereocenters. The molecule has 1 heterocycles. The molecule has 2 rings (SSSR count). The summed E-state index contributed by atoms with van der Waals surface area (Å²) in [6.45, 7) is 7.24. The molecule has 17 heavy (non-hydrogen) atoms. The minimum atomic E-state index is -0.196. The Labute approximate surface area is 104 Å². The highest BCUT2D eigenvalue weighted by atomic mass is 16.5. The Morgan fingerprint density at radius 3 is 2.65 bits per heavy atom. The fourth-order valence-electron chi connectivity index (χ4n) is 2.70. The van der Waals surface area contributed by atoms with Crippen LogP contribution in [0.25, 0.3) is 0 Å². The molecule has 2 N–H and O–H groups in total. The van der Waals surface area contributed by atoms with Crippen LogP contribution in [0.2, 0.25) is 0 Å². The van der Waals surface area contributed by atoms with Gasteiger partial charge in [-0.1, -0.05) is 23.8 Å². The van der Waals surface area contributed by atoms with Gasteiger partial charge in [-0.05, 0) is 51.2 Å². The average Bonchev–Trinajstić information content (AvgIpc) is 2.29. The Kier molecular flexibility index (Phi) is 3.55. The SMILES string of the molecule is Cc1ccc(C(N)C2(C)CCCCO2)c(C)c1. The first-order valence-electron chi connectivity index (χ1n) is 6.50. The van der Waals surface area contributed by atoms with Gasteiger partial charge in [-0.15, -0.1) is 0 Å². The van der Waals surface area contributed by atoms with Crippen molar-refractivity contribution in [2.75, 3.05) is 6.61 Å². The van der Waals surface area contributed by atoms with Crippen molar-refractivity contribution < 1.29 is 4.74 Å². The van der Waals surface area contributed by atoms with Crippen LogP contribution in [-0.2, 0) is 4.74 Å². The first-order valence-corrected chi connectivity index (χ1v) is 6.50. The zero-order chi connectivity index (χ0) is 12.5. The summed E-state index contributed by atoms with van der Waals surface area (Å²) in [6, 6.07) is 6.46. The van der Waals surface area contributed by atoms with Gasteiger partial charge >= 0.3 is 0 Å². The maximum Gasteiger partial charge on any atom is 0.0846 e. The molecular weight excluding hydrogens is 210 g/mol. The lowest BCUT2D eigenvalue weighted by Gasteiger charge is -2.39. The van der Waals surface area contributed by atoms with Gasteiger partial charge in [-0.3, -0.25) is 0 Å². The number of rotatable bonds is 2. The molecule has 0 spiro atoms. The van der Waals surface area contributed by atoms with Gasteiger partial charge in [0.05, 0.1) is 11.6 Å². The van der Waals surface area contributed by atoms with E-state index >= 15 is 0 Å². The molecule has 1 aromatic carbocycles. The predicted octanol–water partition coefficient (Wildman–Crippen LogP) is 3.26. The van der Waals surface area contributed by atoms with Gasteiger partial charge in [0, 0.05) is 6.61 Å². The highest BCUT2D eigenvalue weighted by Crippen LogP contribution is 2.36. The number of benzene rings is 1. The number of aryl methyl sites for hydroxylation is 2. The quantitative estimate of drug-likeness (QED) is 0.851. The lowest BCUT2D eigenvalue weighted by atomic mass is 9.83. The van der Waals surface area contributed by atoms with E-state index in [0.29, 0.717) is 0 Å². The van der Waals surface area contributed by atoms with E-state index in [9.17, 15) is 0 Å². The van der Waals surface area contributed by atoms with Crippen LogP contribution in [0.15, 0.2) is 18.2 Å². The van der Waals surface area contributed by atoms with Crippen LogP contribution in [-0.4, -0.2) is 12.2 Å². The number of ether oxygens (including phenoxy) is 1. The van der Waals surface area contributed by atoms with E-state index < -0.39 is 0 Å². The van der Waals surface area contributed by atoms with Gasteiger partial charge in [0.15, 0.2) is 0 Å². The minimum Gasteiger partial charge on any atom is -0.373 e. The maximum atomic E-state index is 6.43. The van der Waals surface area contributed by atoms with Gasteiger partial charge < -0.3 is 10.5 Å². The molecule has 94 valence electrons. The fourth-order valence-corrected chi connectivity index (χ4v) is 2.70. The Morgan fingerprint density at radius 2 is 2.06 bits per heavy atom. The monoisotopic (exact) mass is 233 g/mol. The second-order valence-electron chi connectivity index (χ2n) is 5.46. The fraction of sp³-hybridized carbons (Fsp3) is 0.600. The van der Waals surface area contributed by atoms with E-state index in [2.05, 4.69) is 39.0 Å². The first-order chi connectivity index (χ1) is 8.03. The summed E-state index contributed by atoms with van der Waals surface area (Å²) in [5.74, 6) is 0. The molecule has 0 aliphatic carbocycles. The van der Waals surface area contributed by atoms with E-state index in [1.165, 1.54) is 23.1 Å². The summed E-state index contributed by atoms with van der Waals surface area (Å²) in [5, 5.41) is 0. The second kappa shape index (κ2) is 4.79. The molecule has 0 radical (unpaired) electrons. The third-order valence-corrected chi connectivity index (χ3v) is 3.92. The van der Waals surface area contributed by atoms with Crippen molar-refractivity contribution >= 4 is 0 Å². The summed E-state index contributed by atoms with van der Waals surface area (Å²) in [5.41, 5.74) is 10.0. The summed E-state index contributed by atoms with van der Waals surface area (Å²) in [6.07, 6.45) is 3.44. The normalized spacial score (nSPS) is 26.8. The number of hydrogen-bond donors (Lipinski definition) is 1. The molecule has 0 saturated carbocycles. The highest BCUT2D eigenvalue weighted by Gasteiger charge is 2.35. The van der Waals surface area contributed by atoms with Crippen LogP contribution in [0, 0.1) is 13.8 Å². The van der Waals surface area contributed by atoms with Crippen molar-refractivity contribution in [3.8, 4) is 0 Å². The summed E-state index contributed by atoms with van der Waals surface area (Å²) < 4.78 is 5.94. The van der Waals surface area contributed by atoms with Crippen molar-refractivity contribution in [2.24, 2.45) is 5.73 Å². The van der Waals surface area contributed by atoms with E-state index in [0.717, 1.165) is 19.4 Å². The lowest BCUT2D eigenvalue weighted by Crippen LogP contribution is -2.43. The molecule has 1 fully saturated rings. The van der Waals surface area contributed by atoms with Crippen molar-refractivity contribution in [3.05, 3.63) is 34.9 Å². The first kappa shape index (κ1) is 12.6. The predicted molar refractivity (Wildman–Crippen MR) is 71.1 cm³/mol. The molecule has 2 nitrogen and oxygen atoms in total. The molecule has 2 unspecified atom stereocenters. The molecule has 0 amide bonds. The van der Waals surface area contributed by atoms with E-state index in [4.69, 9.17) is 10.5 Å². The van der Waals surface area contributed by atoms with Crippen molar-refractivity contribution in [3.63, 3.8) is 0 Å². The Hall–Kier alpha value is -0.860. The zero-order valence-corrected chi connectivity index (χ0v) is 11.1. The molecule has 1 saturated heterocycles. The van der Waals surface area contributed by atoms with E-state index in [1.54, 1.807) is 0 Å². The third kappa shape index (κ3) is 2.53. The molecule has 1 aliphatic heterocycles. The van der Waals surface area contributed by atoms with Crippen LogP contribution in [0.1, 0.15) is 48.9 Å². The highest BCUT2D eigenvalue weighted by molar-refractivity contribution is 5.34. The smallest absolute Gasteiger partial charge is 0.0846 e. The maximum absolute atomic E-state index is 6.43. The summed E-state index contributed by atoms with van der Waals surface area (Å²) in [4.78, 5) is 0. The Morgan fingerprint density at radius 1 is 1.29 bits per heavy atom. The molecule has 1 aromatic rings. The van der Waals surface area contributed by atoms with E-state index in [-0.39, 0.29) is 11.6 Å². The summed E-state index contributed by atoms with van der Waals surface area (Å²) >= 11 is 0. The van der Waals surface area contributed by atoms with Crippen LogP contribution in [0.3, 0.4) is 0 Å². The molecule has 0 bridgehead atoms. The Bertz CT molecular complexity index is 394. The topological polar surface area (TPSA) is 35.2 Å². The second-order valence-corrected chi connectivity index (χ2v) is 5.46. The summed E-state index contributed by atoms with van der Waals surface area (Å²) in [7, 11) is 0.